The van der Waals surface area contributed by atoms with E-state index in [1.165, 1.54) is 12.1 Å². The van der Waals surface area contributed by atoms with Crippen molar-refractivity contribution in [3.8, 4) is 11.1 Å². The van der Waals surface area contributed by atoms with Gasteiger partial charge in [0.1, 0.15) is 5.82 Å². The maximum absolute atomic E-state index is 13.5. The molecule has 0 atom stereocenters. The smallest absolute Gasteiger partial charge is 0.372 e. The number of nitrogens with two attached hydrogens (primary N) is 1. The number of anilines is 2. The third-order valence-corrected chi connectivity index (χ3v) is 4.27. The van der Waals surface area contributed by atoms with Gasteiger partial charge in [0.05, 0.1) is 22.0 Å². The van der Waals surface area contributed by atoms with E-state index in [1.54, 1.807) is 31.4 Å². The van der Waals surface area contributed by atoms with Gasteiger partial charge in [0, 0.05) is 24.2 Å². The zero-order chi connectivity index (χ0) is 18.5. The Morgan fingerprint density at radius 3 is 2.62 bits per heavy atom. The topological polar surface area (TPSA) is 79.6 Å². The van der Waals surface area contributed by atoms with Crippen molar-refractivity contribution >= 4 is 33.6 Å². The Hall–Kier alpha value is -3.29. The molecular weight excluding hydrogens is 343 g/mol. The summed E-state index contributed by atoms with van der Waals surface area (Å²) < 4.78 is 40.5. The fraction of sp³-hybridized carbons (Fsp3) is 0.111. The van der Waals surface area contributed by atoms with Gasteiger partial charge in [0.15, 0.2) is 5.95 Å². The van der Waals surface area contributed by atoms with Crippen LogP contribution in [0.15, 0.2) is 42.6 Å². The summed E-state index contributed by atoms with van der Waals surface area (Å²) >= 11 is 0. The molecule has 132 valence electrons. The first kappa shape index (κ1) is 16.2. The molecule has 0 fully saturated rings. The molecule has 0 amide bonds. The Labute approximate surface area is 146 Å². The first-order chi connectivity index (χ1) is 12.4. The van der Waals surface area contributed by atoms with Gasteiger partial charge in [0.25, 0.3) is 0 Å². The molecule has 0 radical (unpaired) electrons. The van der Waals surface area contributed by atoms with Crippen molar-refractivity contribution < 1.29 is 13.2 Å². The Kier molecular flexibility index (Phi) is 3.50. The molecule has 0 aliphatic heterocycles. The average Bonchev–Trinajstić information content (AvgIpc) is 3.08. The molecule has 2 aromatic heterocycles. The highest BCUT2D eigenvalue weighted by Gasteiger charge is 2.34. The van der Waals surface area contributed by atoms with Crippen LogP contribution in [0.2, 0.25) is 0 Å². The quantitative estimate of drug-likeness (QED) is 0.496. The highest BCUT2D eigenvalue weighted by atomic mass is 19.4. The molecule has 4 rings (SSSR count). The Morgan fingerprint density at radius 1 is 1.12 bits per heavy atom. The summed E-state index contributed by atoms with van der Waals surface area (Å²) in [6.45, 7) is 0. The normalized spacial score (nSPS) is 12.0. The number of rotatable bonds is 2. The highest BCUT2D eigenvalue weighted by molar-refractivity contribution is 6.15. The molecule has 8 heteroatoms. The lowest BCUT2D eigenvalue weighted by Crippen LogP contribution is -2.07. The molecule has 0 saturated carbocycles. The van der Waals surface area contributed by atoms with Gasteiger partial charge < -0.3 is 16.0 Å². The summed E-state index contributed by atoms with van der Waals surface area (Å²) in [5.74, 6) is 0.695. The average molecular weight is 357 g/mol. The first-order valence-electron chi connectivity index (χ1n) is 7.81. The van der Waals surface area contributed by atoms with Crippen molar-refractivity contribution in [2.75, 3.05) is 18.1 Å². The van der Waals surface area contributed by atoms with Crippen LogP contribution in [-0.2, 0) is 6.18 Å². The van der Waals surface area contributed by atoms with Crippen molar-refractivity contribution in [3.63, 3.8) is 0 Å². The number of nitrogens with one attached hydrogen (secondary N) is 2. The number of aromatic nitrogens is 3. The summed E-state index contributed by atoms with van der Waals surface area (Å²) in [5.41, 5.74) is 6.61. The number of alkyl halides is 3. The Bertz CT molecular complexity index is 1130. The van der Waals surface area contributed by atoms with Gasteiger partial charge in [-0.1, -0.05) is 18.2 Å². The second kappa shape index (κ2) is 5.62. The fourth-order valence-electron chi connectivity index (χ4n) is 3.23. The molecule has 0 bridgehead atoms. The van der Waals surface area contributed by atoms with Gasteiger partial charge in [0.2, 0.25) is 0 Å². The fourth-order valence-corrected chi connectivity index (χ4v) is 3.23. The van der Waals surface area contributed by atoms with E-state index in [0.717, 1.165) is 11.5 Å². The summed E-state index contributed by atoms with van der Waals surface area (Å²) in [6, 6.07) is 8.85. The number of nitrogens with zero attached hydrogens (tertiary/aromatic N) is 2. The SMILES string of the molecule is CNc1nc(N)[nH]c2cc(-c3ccccc3C(F)(F)F)c3nccc3c12. The van der Waals surface area contributed by atoms with Crippen LogP contribution >= 0.6 is 0 Å². The lowest BCUT2D eigenvalue weighted by Gasteiger charge is -2.15. The maximum Gasteiger partial charge on any atom is 0.417 e. The molecule has 26 heavy (non-hydrogen) atoms. The van der Waals surface area contributed by atoms with Crippen LogP contribution in [0, 0.1) is 0 Å². The molecule has 0 aliphatic carbocycles. The van der Waals surface area contributed by atoms with E-state index in [2.05, 4.69) is 20.3 Å². The van der Waals surface area contributed by atoms with E-state index in [4.69, 9.17) is 5.73 Å². The van der Waals surface area contributed by atoms with Crippen LogP contribution in [0.5, 0.6) is 0 Å². The minimum Gasteiger partial charge on any atom is -0.372 e. The highest BCUT2D eigenvalue weighted by Crippen LogP contribution is 2.41. The lowest BCUT2D eigenvalue weighted by molar-refractivity contribution is -0.137. The zero-order valence-electron chi connectivity index (χ0n) is 13.6. The van der Waals surface area contributed by atoms with Crippen molar-refractivity contribution in [2.24, 2.45) is 0 Å². The van der Waals surface area contributed by atoms with Crippen molar-refractivity contribution in [3.05, 3.63) is 48.2 Å². The van der Waals surface area contributed by atoms with Crippen LogP contribution in [0.4, 0.5) is 24.9 Å². The number of fused-ring (bicyclic) bond motifs is 3. The summed E-state index contributed by atoms with van der Waals surface area (Å²) in [6.07, 6.45) is -2.90. The van der Waals surface area contributed by atoms with E-state index in [1.807, 2.05) is 0 Å². The third-order valence-electron chi connectivity index (χ3n) is 4.27. The Morgan fingerprint density at radius 2 is 1.88 bits per heavy atom. The van der Waals surface area contributed by atoms with Crippen LogP contribution < -0.4 is 11.1 Å². The molecule has 2 aromatic carbocycles. The molecule has 0 unspecified atom stereocenters. The van der Waals surface area contributed by atoms with Crippen molar-refractivity contribution in [1.29, 1.82) is 0 Å². The largest absolute Gasteiger partial charge is 0.417 e. The van der Waals surface area contributed by atoms with Crippen LogP contribution in [-0.4, -0.2) is 22.0 Å². The summed E-state index contributed by atoms with van der Waals surface area (Å²) in [7, 11) is 1.70. The predicted molar refractivity (Wildman–Crippen MR) is 95.8 cm³/mol. The zero-order valence-corrected chi connectivity index (χ0v) is 13.6. The molecule has 4 aromatic rings. The maximum atomic E-state index is 13.5. The molecule has 4 N–H and O–H groups in total. The molecular formula is C18H14F3N5. The van der Waals surface area contributed by atoms with Crippen molar-refractivity contribution in [1.82, 2.24) is 15.0 Å². The first-order valence-corrected chi connectivity index (χ1v) is 7.81. The second-order valence-corrected chi connectivity index (χ2v) is 5.82. The number of benzene rings is 2. The number of aromatic amines is 1. The second-order valence-electron chi connectivity index (χ2n) is 5.82. The van der Waals surface area contributed by atoms with Gasteiger partial charge >= 0.3 is 6.18 Å². The molecule has 2 heterocycles. The van der Waals surface area contributed by atoms with E-state index in [0.29, 0.717) is 27.8 Å². The number of hydrogen-bond donors (Lipinski definition) is 3. The van der Waals surface area contributed by atoms with Crippen LogP contribution in [0.1, 0.15) is 5.56 Å². The molecule has 0 aliphatic rings. The van der Waals surface area contributed by atoms with Crippen LogP contribution in [0.3, 0.4) is 0 Å². The van der Waals surface area contributed by atoms with Crippen LogP contribution in [0.25, 0.3) is 32.9 Å². The van der Waals surface area contributed by atoms with Gasteiger partial charge in [-0.3, -0.25) is 4.98 Å². The number of H-pyrrole nitrogens is 1. The van der Waals surface area contributed by atoms with E-state index < -0.39 is 11.7 Å². The van der Waals surface area contributed by atoms with Gasteiger partial charge in [-0.05, 0) is 23.8 Å². The minimum atomic E-state index is -4.47. The van der Waals surface area contributed by atoms with Crippen molar-refractivity contribution in [2.45, 2.75) is 6.18 Å². The number of halogens is 3. The standard InChI is InChI=1S/C18H14F3N5/c1-23-16-14-10-6-7-24-15(10)11(8-13(14)25-17(22)26-16)9-4-2-3-5-12(9)18(19,20)21/h2-8,23H,1H3,(H3,22,25,26). The summed E-state index contributed by atoms with van der Waals surface area (Å²) in [5, 5.41) is 4.39. The Balaban J connectivity index is 2.14. The molecule has 0 saturated heterocycles. The minimum absolute atomic E-state index is 0.0698. The lowest BCUT2D eigenvalue weighted by atomic mass is 9.95. The predicted octanol–water partition coefficient (Wildman–Crippen LogP) is 4.42. The van der Waals surface area contributed by atoms with E-state index >= 15 is 0 Å². The third kappa shape index (κ3) is 2.42. The monoisotopic (exact) mass is 357 g/mol. The van der Waals surface area contributed by atoms with Gasteiger partial charge in [-0.2, -0.15) is 18.2 Å². The van der Waals surface area contributed by atoms with Gasteiger partial charge in [-0.25, -0.2) is 0 Å². The van der Waals surface area contributed by atoms with Gasteiger partial charge in [-0.15, -0.1) is 0 Å². The van der Waals surface area contributed by atoms with E-state index in [-0.39, 0.29) is 11.5 Å². The van der Waals surface area contributed by atoms with E-state index in [9.17, 15) is 13.2 Å². The molecule has 0 spiro atoms. The number of hydrogen-bond acceptors (Lipinski definition) is 4. The molecule has 5 nitrogen and oxygen atoms in total. The number of nitrogen functional groups attached to an aromatic ring is 1. The summed E-state index contributed by atoms with van der Waals surface area (Å²) in [4.78, 5) is 11.4.